The molecular formula is C19H34IN3O2. The van der Waals surface area contributed by atoms with E-state index in [1.165, 1.54) is 11.1 Å². The predicted molar refractivity (Wildman–Crippen MR) is 116 cm³/mol. The third-order valence-electron chi connectivity index (χ3n) is 3.58. The molecule has 0 aliphatic rings. The third-order valence-corrected chi connectivity index (χ3v) is 3.58. The van der Waals surface area contributed by atoms with Crippen molar-refractivity contribution in [3.63, 3.8) is 0 Å². The Labute approximate surface area is 170 Å². The monoisotopic (exact) mass is 463 g/mol. The van der Waals surface area contributed by atoms with Gasteiger partial charge in [0.15, 0.2) is 5.96 Å². The summed E-state index contributed by atoms with van der Waals surface area (Å²) >= 11 is 0. The number of nitrogens with one attached hydrogen (secondary N) is 2. The Hall–Kier alpha value is -0.860. The second-order valence-corrected chi connectivity index (χ2v) is 7.46. The number of ether oxygens (including phenoxy) is 2. The van der Waals surface area contributed by atoms with Crippen LogP contribution in [-0.2, 0) is 22.6 Å². The second kappa shape index (κ2) is 11.0. The number of methoxy groups -OCH3 is 1. The van der Waals surface area contributed by atoms with Gasteiger partial charge in [-0.1, -0.05) is 24.3 Å². The highest BCUT2D eigenvalue weighted by Crippen LogP contribution is 2.13. The molecule has 0 aliphatic heterocycles. The maximum Gasteiger partial charge on any atom is 0.191 e. The number of guanidine groups is 1. The molecule has 0 bridgehead atoms. The zero-order chi connectivity index (χ0) is 18.2. The Kier molecular flexibility index (Phi) is 10.6. The lowest BCUT2D eigenvalue weighted by atomic mass is 10.1. The smallest absolute Gasteiger partial charge is 0.191 e. The van der Waals surface area contributed by atoms with Crippen LogP contribution in [0.2, 0.25) is 0 Å². The van der Waals surface area contributed by atoms with Crippen LogP contribution in [0.5, 0.6) is 0 Å². The number of hydrogen-bond donors (Lipinski definition) is 2. The Morgan fingerprint density at radius 3 is 2.28 bits per heavy atom. The molecule has 25 heavy (non-hydrogen) atoms. The molecule has 0 saturated carbocycles. The largest absolute Gasteiger partial charge is 0.377 e. The summed E-state index contributed by atoms with van der Waals surface area (Å²) in [4.78, 5) is 4.25. The van der Waals surface area contributed by atoms with Gasteiger partial charge in [0.1, 0.15) is 0 Å². The first-order valence-electron chi connectivity index (χ1n) is 8.37. The fourth-order valence-corrected chi connectivity index (χ4v) is 1.90. The number of halogens is 1. The summed E-state index contributed by atoms with van der Waals surface area (Å²) < 4.78 is 11.2. The fraction of sp³-hybridized carbons (Fsp3) is 0.632. The zero-order valence-corrected chi connectivity index (χ0v) is 18.9. The van der Waals surface area contributed by atoms with Crippen molar-refractivity contribution in [1.82, 2.24) is 10.6 Å². The average molecular weight is 463 g/mol. The van der Waals surface area contributed by atoms with E-state index in [0.717, 1.165) is 5.96 Å². The molecule has 0 aliphatic carbocycles. The number of benzene rings is 1. The number of nitrogens with zero attached hydrogens (tertiary/aromatic N) is 1. The van der Waals surface area contributed by atoms with E-state index in [-0.39, 0.29) is 35.2 Å². The maximum absolute atomic E-state index is 5.84. The molecule has 1 aromatic rings. The standard InChI is InChI=1S/C19H33N3O2.HI/c1-18(2,3)24-13-16-10-8-9-15(11-16)12-21-17(20-6)22-14-19(4,5)23-7;/h8-11H,12-14H2,1-7H3,(H2,20,21,22);1H. The van der Waals surface area contributed by atoms with Crippen molar-refractivity contribution in [1.29, 1.82) is 0 Å². The Bertz CT molecular complexity index is 540. The molecule has 1 aromatic carbocycles. The van der Waals surface area contributed by atoms with Gasteiger partial charge in [-0.3, -0.25) is 4.99 Å². The molecule has 0 unspecified atom stereocenters. The van der Waals surface area contributed by atoms with Gasteiger partial charge in [0.2, 0.25) is 0 Å². The average Bonchev–Trinajstić information content (AvgIpc) is 2.53. The lowest BCUT2D eigenvalue weighted by molar-refractivity contribution is -0.0149. The lowest BCUT2D eigenvalue weighted by Crippen LogP contribution is -2.45. The van der Waals surface area contributed by atoms with Gasteiger partial charge in [0.25, 0.3) is 0 Å². The fourth-order valence-electron chi connectivity index (χ4n) is 1.90. The maximum atomic E-state index is 5.84. The van der Waals surface area contributed by atoms with E-state index >= 15 is 0 Å². The summed E-state index contributed by atoms with van der Waals surface area (Å²) in [6, 6.07) is 8.40. The lowest BCUT2D eigenvalue weighted by Gasteiger charge is -2.24. The van der Waals surface area contributed by atoms with Crippen LogP contribution in [0, 0.1) is 0 Å². The van der Waals surface area contributed by atoms with Crippen LogP contribution in [0.1, 0.15) is 45.7 Å². The first kappa shape index (κ1) is 24.1. The molecule has 1 rings (SSSR count). The minimum absolute atomic E-state index is 0. The minimum Gasteiger partial charge on any atom is -0.377 e. The van der Waals surface area contributed by atoms with E-state index in [1.54, 1.807) is 14.2 Å². The van der Waals surface area contributed by atoms with Crippen LogP contribution in [0.15, 0.2) is 29.3 Å². The molecule has 0 fully saturated rings. The molecule has 6 heteroatoms. The molecule has 0 spiro atoms. The summed E-state index contributed by atoms with van der Waals surface area (Å²) in [5.41, 5.74) is 2.00. The highest BCUT2D eigenvalue weighted by molar-refractivity contribution is 14.0. The summed E-state index contributed by atoms with van der Waals surface area (Å²) in [6.07, 6.45) is 0. The van der Waals surface area contributed by atoms with Crippen LogP contribution < -0.4 is 10.6 Å². The van der Waals surface area contributed by atoms with Gasteiger partial charge in [0.05, 0.1) is 17.8 Å². The number of hydrogen-bond acceptors (Lipinski definition) is 3. The topological polar surface area (TPSA) is 54.9 Å². The molecule has 2 N–H and O–H groups in total. The van der Waals surface area contributed by atoms with Crippen molar-refractivity contribution in [2.75, 3.05) is 20.7 Å². The van der Waals surface area contributed by atoms with Crippen molar-refractivity contribution in [3.8, 4) is 0 Å². The first-order chi connectivity index (χ1) is 11.1. The van der Waals surface area contributed by atoms with Gasteiger partial charge in [-0.15, -0.1) is 24.0 Å². The van der Waals surface area contributed by atoms with Crippen LogP contribution in [0.3, 0.4) is 0 Å². The van der Waals surface area contributed by atoms with Crippen molar-refractivity contribution < 1.29 is 9.47 Å². The molecule has 0 atom stereocenters. The Balaban J connectivity index is 0.00000576. The van der Waals surface area contributed by atoms with Crippen LogP contribution in [-0.4, -0.2) is 37.9 Å². The molecule has 5 nitrogen and oxygen atoms in total. The van der Waals surface area contributed by atoms with Gasteiger partial charge >= 0.3 is 0 Å². The van der Waals surface area contributed by atoms with E-state index < -0.39 is 0 Å². The molecule has 0 saturated heterocycles. The van der Waals surface area contributed by atoms with Crippen LogP contribution >= 0.6 is 24.0 Å². The predicted octanol–water partition coefficient (Wildman–Crippen LogP) is 3.71. The highest BCUT2D eigenvalue weighted by Gasteiger charge is 2.16. The zero-order valence-electron chi connectivity index (χ0n) is 16.6. The molecule has 0 heterocycles. The van der Waals surface area contributed by atoms with Gasteiger partial charge in [-0.25, -0.2) is 0 Å². The molecule has 0 aromatic heterocycles. The first-order valence-corrected chi connectivity index (χ1v) is 8.37. The minimum atomic E-state index is -0.234. The molecule has 0 radical (unpaired) electrons. The van der Waals surface area contributed by atoms with E-state index in [1.807, 2.05) is 13.8 Å². The summed E-state index contributed by atoms with van der Waals surface area (Å²) in [5, 5.41) is 6.60. The number of rotatable bonds is 7. The normalized spacial score (nSPS) is 12.5. The van der Waals surface area contributed by atoms with Crippen molar-refractivity contribution in [2.24, 2.45) is 4.99 Å². The number of aliphatic imine (C=N–C) groups is 1. The Morgan fingerprint density at radius 1 is 1.08 bits per heavy atom. The molecular weight excluding hydrogens is 429 g/mol. The quantitative estimate of drug-likeness (QED) is 0.368. The molecule has 144 valence electrons. The van der Waals surface area contributed by atoms with E-state index in [4.69, 9.17) is 9.47 Å². The molecule has 0 amide bonds. The van der Waals surface area contributed by atoms with Gasteiger partial charge < -0.3 is 20.1 Å². The highest BCUT2D eigenvalue weighted by atomic mass is 127. The summed E-state index contributed by atoms with van der Waals surface area (Å²) in [6.45, 7) is 12.3. The summed E-state index contributed by atoms with van der Waals surface area (Å²) in [5.74, 6) is 0.761. The third kappa shape index (κ3) is 10.7. The van der Waals surface area contributed by atoms with Crippen molar-refractivity contribution >= 4 is 29.9 Å². The van der Waals surface area contributed by atoms with Gasteiger partial charge in [-0.05, 0) is 45.7 Å². The van der Waals surface area contributed by atoms with Crippen molar-refractivity contribution in [3.05, 3.63) is 35.4 Å². The summed E-state index contributed by atoms with van der Waals surface area (Å²) in [7, 11) is 3.48. The SMILES string of the molecule is CN=C(NCc1cccc(COC(C)(C)C)c1)NCC(C)(C)OC.I. The van der Waals surface area contributed by atoms with Crippen LogP contribution in [0.4, 0.5) is 0 Å². The van der Waals surface area contributed by atoms with E-state index in [9.17, 15) is 0 Å². The van der Waals surface area contributed by atoms with Gasteiger partial charge in [0, 0.05) is 27.2 Å². The van der Waals surface area contributed by atoms with E-state index in [2.05, 4.69) is 60.7 Å². The van der Waals surface area contributed by atoms with Gasteiger partial charge in [-0.2, -0.15) is 0 Å². The van der Waals surface area contributed by atoms with E-state index in [0.29, 0.717) is 19.7 Å². The van der Waals surface area contributed by atoms with Crippen LogP contribution in [0.25, 0.3) is 0 Å². The van der Waals surface area contributed by atoms with Crippen molar-refractivity contribution in [2.45, 2.75) is 59.0 Å². The Morgan fingerprint density at radius 2 is 1.72 bits per heavy atom. The second-order valence-electron chi connectivity index (χ2n) is 7.46.